The van der Waals surface area contributed by atoms with Crippen molar-refractivity contribution in [2.45, 2.75) is 25.8 Å². The number of likely N-dealkylation sites (N-methyl/N-ethyl adjacent to an activating group) is 1. The van der Waals surface area contributed by atoms with Crippen molar-refractivity contribution in [3.05, 3.63) is 0 Å². The summed E-state index contributed by atoms with van der Waals surface area (Å²) < 4.78 is 0. The first-order valence-corrected chi connectivity index (χ1v) is 7.91. The molecule has 0 aromatic carbocycles. The predicted molar refractivity (Wildman–Crippen MR) is 96.3 cm³/mol. The lowest BCUT2D eigenvalue weighted by atomic mass is 9.94. The second kappa shape index (κ2) is 10.3. The maximum absolute atomic E-state index is 12.4. The molecule has 0 radical (unpaired) electrons. The number of halogens is 2. The van der Waals surface area contributed by atoms with Gasteiger partial charge in [0.05, 0.1) is 5.92 Å². The fourth-order valence-electron chi connectivity index (χ4n) is 3.01. The minimum absolute atomic E-state index is 0. The summed E-state index contributed by atoms with van der Waals surface area (Å²) in [6.45, 7) is 6.17. The minimum Gasteiger partial charge on any atom is -0.353 e. The first-order chi connectivity index (χ1) is 9.97. The van der Waals surface area contributed by atoms with E-state index in [1.54, 1.807) is 0 Å². The predicted octanol–water partition coefficient (Wildman–Crippen LogP) is 0.354. The first-order valence-electron chi connectivity index (χ1n) is 7.91. The van der Waals surface area contributed by atoms with E-state index < -0.39 is 0 Å². The van der Waals surface area contributed by atoms with Gasteiger partial charge in [0.1, 0.15) is 0 Å². The molecule has 0 spiro atoms. The van der Waals surface area contributed by atoms with Crippen molar-refractivity contribution in [2.24, 2.45) is 11.8 Å². The van der Waals surface area contributed by atoms with Crippen molar-refractivity contribution in [2.75, 3.05) is 46.8 Å². The Morgan fingerprint density at radius 1 is 1.39 bits per heavy atom. The highest BCUT2D eigenvalue weighted by Gasteiger charge is 2.35. The highest BCUT2D eigenvalue weighted by molar-refractivity contribution is 5.89. The fourth-order valence-corrected chi connectivity index (χ4v) is 3.01. The number of hydrogen-bond acceptors (Lipinski definition) is 4. The summed E-state index contributed by atoms with van der Waals surface area (Å²) in [7, 11) is 3.98. The van der Waals surface area contributed by atoms with Crippen LogP contribution in [-0.2, 0) is 9.59 Å². The van der Waals surface area contributed by atoms with Crippen LogP contribution in [0, 0.1) is 11.8 Å². The number of piperidine rings is 1. The lowest BCUT2D eigenvalue weighted by Crippen LogP contribution is -2.50. The standard InChI is InChI=1S/C15H28N4O2.2ClH/c1-11-9-16-5-4-13(11)17-15(21)12-8-14(20)19(10-12)7-6-18(2)3;;/h11-13,16H,4-10H2,1-3H3,(H,17,21);2*1H. The fraction of sp³-hybridized carbons (Fsp3) is 0.867. The summed E-state index contributed by atoms with van der Waals surface area (Å²) in [4.78, 5) is 28.2. The van der Waals surface area contributed by atoms with Crippen molar-refractivity contribution in [3.63, 3.8) is 0 Å². The molecule has 8 heteroatoms. The molecule has 3 unspecified atom stereocenters. The molecule has 0 saturated carbocycles. The van der Waals surface area contributed by atoms with Gasteiger partial charge < -0.3 is 20.4 Å². The van der Waals surface area contributed by atoms with Crippen LogP contribution in [0.1, 0.15) is 19.8 Å². The van der Waals surface area contributed by atoms with Crippen LogP contribution in [0.2, 0.25) is 0 Å². The third-order valence-corrected chi connectivity index (χ3v) is 4.52. The van der Waals surface area contributed by atoms with Crippen molar-refractivity contribution in [3.8, 4) is 0 Å². The number of likely N-dealkylation sites (tertiary alicyclic amines) is 1. The number of hydrogen-bond donors (Lipinski definition) is 2. The average Bonchev–Trinajstić information content (AvgIpc) is 2.80. The van der Waals surface area contributed by atoms with Gasteiger partial charge in [-0.3, -0.25) is 9.59 Å². The Balaban J connectivity index is 0.00000242. The summed E-state index contributed by atoms with van der Waals surface area (Å²) in [5.41, 5.74) is 0. The van der Waals surface area contributed by atoms with Crippen LogP contribution in [0.25, 0.3) is 0 Å². The number of carbonyl (C=O) groups is 2. The zero-order chi connectivity index (χ0) is 15.4. The highest BCUT2D eigenvalue weighted by atomic mass is 35.5. The van der Waals surface area contributed by atoms with Crippen LogP contribution >= 0.6 is 24.8 Å². The van der Waals surface area contributed by atoms with Gasteiger partial charge in [0.25, 0.3) is 0 Å². The lowest BCUT2D eigenvalue weighted by Gasteiger charge is -2.31. The molecule has 2 fully saturated rings. The summed E-state index contributed by atoms with van der Waals surface area (Å²) in [5, 5.41) is 6.48. The molecule has 0 aromatic heterocycles. The van der Waals surface area contributed by atoms with Crippen molar-refractivity contribution < 1.29 is 9.59 Å². The van der Waals surface area contributed by atoms with Crippen molar-refractivity contribution in [1.29, 1.82) is 0 Å². The molecule has 6 nitrogen and oxygen atoms in total. The zero-order valence-corrected chi connectivity index (χ0v) is 15.8. The number of nitrogens with zero attached hydrogens (tertiary/aromatic N) is 2. The Kier molecular flexibility index (Phi) is 10.1. The van der Waals surface area contributed by atoms with Gasteiger partial charge in [0, 0.05) is 32.1 Å². The van der Waals surface area contributed by atoms with Crippen LogP contribution in [-0.4, -0.2) is 74.5 Å². The van der Waals surface area contributed by atoms with Gasteiger partial charge in [0.2, 0.25) is 11.8 Å². The molecule has 0 bridgehead atoms. The second-order valence-corrected chi connectivity index (χ2v) is 6.63. The van der Waals surface area contributed by atoms with E-state index in [1.807, 2.05) is 19.0 Å². The van der Waals surface area contributed by atoms with E-state index in [2.05, 4.69) is 22.5 Å². The summed E-state index contributed by atoms with van der Waals surface area (Å²) in [6.07, 6.45) is 1.33. The first kappa shape index (κ1) is 22.4. The molecule has 2 N–H and O–H groups in total. The van der Waals surface area contributed by atoms with Gasteiger partial charge >= 0.3 is 0 Å². The molecule has 2 aliphatic heterocycles. The molecule has 2 heterocycles. The summed E-state index contributed by atoms with van der Waals surface area (Å²) >= 11 is 0. The molecule has 2 amide bonds. The van der Waals surface area contributed by atoms with E-state index >= 15 is 0 Å². The van der Waals surface area contributed by atoms with Gasteiger partial charge in [-0.1, -0.05) is 6.92 Å². The Bertz CT molecular complexity index is 396. The molecule has 23 heavy (non-hydrogen) atoms. The van der Waals surface area contributed by atoms with E-state index in [-0.39, 0.29) is 48.6 Å². The molecule has 2 rings (SSSR count). The molecule has 2 saturated heterocycles. The highest BCUT2D eigenvalue weighted by Crippen LogP contribution is 2.19. The van der Waals surface area contributed by atoms with Crippen LogP contribution in [0.5, 0.6) is 0 Å². The van der Waals surface area contributed by atoms with Crippen LogP contribution in [0.3, 0.4) is 0 Å². The van der Waals surface area contributed by atoms with Crippen LogP contribution in [0.4, 0.5) is 0 Å². The molecular weight excluding hydrogens is 339 g/mol. The van der Waals surface area contributed by atoms with Gasteiger partial charge in [0.15, 0.2) is 0 Å². The monoisotopic (exact) mass is 368 g/mol. The number of nitrogens with one attached hydrogen (secondary N) is 2. The molecular formula is C15H30Cl2N4O2. The summed E-state index contributed by atoms with van der Waals surface area (Å²) in [6, 6.07) is 0.240. The van der Waals surface area contributed by atoms with Gasteiger partial charge in [-0.15, -0.1) is 24.8 Å². The van der Waals surface area contributed by atoms with Crippen LogP contribution < -0.4 is 10.6 Å². The van der Waals surface area contributed by atoms with E-state index in [0.29, 0.717) is 25.4 Å². The molecule has 0 aromatic rings. The number of amides is 2. The Morgan fingerprint density at radius 3 is 2.70 bits per heavy atom. The minimum atomic E-state index is -0.179. The molecule has 0 aliphatic carbocycles. The van der Waals surface area contributed by atoms with Crippen LogP contribution in [0.15, 0.2) is 0 Å². The normalized spacial score (nSPS) is 27.4. The maximum Gasteiger partial charge on any atom is 0.225 e. The summed E-state index contributed by atoms with van der Waals surface area (Å²) in [5.74, 6) is 0.427. The Hall–Kier alpha value is -0.560. The van der Waals surface area contributed by atoms with E-state index in [1.165, 1.54) is 0 Å². The van der Waals surface area contributed by atoms with Gasteiger partial charge in [-0.05, 0) is 39.5 Å². The lowest BCUT2D eigenvalue weighted by molar-refractivity contribution is -0.129. The van der Waals surface area contributed by atoms with Crippen molar-refractivity contribution in [1.82, 2.24) is 20.4 Å². The zero-order valence-electron chi connectivity index (χ0n) is 14.2. The Labute approximate surface area is 151 Å². The third-order valence-electron chi connectivity index (χ3n) is 4.52. The van der Waals surface area contributed by atoms with E-state index in [4.69, 9.17) is 0 Å². The number of carbonyl (C=O) groups excluding carboxylic acids is 2. The average molecular weight is 369 g/mol. The second-order valence-electron chi connectivity index (χ2n) is 6.63. The van der Waals surface area contributed by atoms with E-state index in [9.17, 15) is 9.59 Å². The molecule has 3 atom stereocenters. The molecule has 136 valence electrons. The molecule has 2 aliphatic rings. The Morgan fingerprint density at radius 2 is 2.09 bits per heavy atom. The van der Waals surface area contributed by atoms with Gasteiger partial charge in [-0.2, -0.15) is 0 Å². The van der Waals surface area contributed by atoms with Gasteiger partial charge in [-0.25, -0.2) is 0 Å². The number of rotatable bonds is 5. The third kappa shape index (κ3) is 6.45. The maximum atomic E-state index is 12.4. The quantitative estimate of drug-likeness (QED) is 0.734. The SMILES string of the molecule is CC1CNCCC1NC(=O)C1CC(=O)N(CCN(C)C)C1.Cl.Cl. The largest absolute Gasteiger partial charge is 0.353 e. The topological polar surface area (TPSA) is 64.7 Å². The smallest absolute Gasteiger partial charge is 0.225 e. The van der Waals surface area contributed by atoms with Crippen molar-refractivity contribution >= 4 is 36.6 Å². The van der Waals surface area contributed by atoms with E-state index in [0.717, 1.165) is 26.1 Å².